The second kappa shape index (κ2) is 5.42. The van der Waals surface area contributed by atoms with Gasteiger partial charge in [0.1, 0.15) is 5.82 Å². The van der Waals surface area contributed by atoms with Crippen molar-refractivity contribution in [3.63, 3.8) is 0 Å². The molecule has 2 aliphatic rings. The van der Waals surface area contributed by atoms with Crippen molar-refractivity contribution in [2.45, 2.75) is 38.3 Å². The standard InChI is InChI=1S/C14H19FN2O2S/c15-13-5-3-12(4-6-13)11-17(14-7-8-14)20(18,19)16-9-1-2-10-16/h3-6,14H,1-2,7-11H2. The van der Waals surface area contributed by atoms with Gasteiger partial charge in [-0.25, -0.2) is 4.39 Å². The Morgan fingerprint density at radius 1 is 1.15 bits per heavy atom. The molecular formula is C14H19FN2O2S. The molecule has 4 nitrogen and oxygen atoms in total. The lowest BCUT2D eigenvalue weighted by Gasteiger charge is -2.27. The molecule has 0 spiro atoms. The smallest absolute Gasteiger partial charge is 0.207 e. The van der Waals surface area contributed by atoms with Gasteiger partial charge in [-0.2, -0.15) is 17.0 Å². The zero-order valence-electron chi connectivity index (χ0n) is 11.3. The van der Waals surface area contributed by atoms with Gasteiger partial charge in [0, 0.05) is 25.7 Å². The maximum Gasteiger partial charge on any atom is 0.282 e. The summed E-state index contributed by atoms with van der Waals surface area (Å²) in [6.45, 7) is 1.58. The molecule has 1 saturated carbocycles. The van der Waals surface area contributed by atoms with Crippen molar-refractivity contribution in [3.8, 4) is 0 Å². The van der Waals surface area contributed by atoms with Gasteiger partial charge in [0.25, 0.3) is 10.2 Å². The summed E-state index contributed by atoms with van der Waals surface area (Å²) >= 11 is 0. The van der Waals surface area contributed by atoms with Crippen LogP contribution in [0.4, 0.5) is 4.39 Å². The highest BCUT2D eigenvalue weighted by molar-refractivity contribution is 7.86. The van der Waals surface area contributed by atoms with Crippen LogP contribution >= 0.6 is 0 Å². The summed E-state index contributed by atoms with van der Waals surface area (Å²) in [6, 6.07) is 6.19. The fourth-order valence-electron chi connectivity index (χ4n) is 2.60. The van der Waals surface area contributed by atoms with Crippen LogP contribution in [0.2, 0.25) is 0 Å². The third-order valence-electron chi connectivity index (χ3n) is 3.89. The summed E-state index contributed by atoms with van der Waals surface area (Å²) in [5.41, 5.74) is 0.834. The van der Waals surface area contributed by atoms with Gasteiger partial charge >= 0.3 is 0 Å². The largest absolute Gasteiger partial charge is 0.282 e. The molecule has 0 aromatic heterocycles. The average Bonchev–Trinajstić information content (AvgIpc) is 3.09. The second-order valence-corrected chi connectivity index (χ2v) is 7.40. The van der Waals surface area contributed by atoms with Crippen LogP contribution in [0.25, 0.3) is 0 Å². The predicted octanol–water partition coefficient (Wildman–Crippen LogP) is 2.13. The number of rotatable bonds is 5. The van der Waals surface area contributed by atoms with Crippen LogP contribution < -0.4 is 0 Å². The number of hydrogen-bond donors (Lipinski definition) is 0. The van der Waals surface area contributed by atoms with E-state index in [9.17, 15) is 12.8 Å². The Morgan fingerprint density at radius 2 is 1.75 bits per heavy atom. The minimum absolute atomic E-state index is 0.116. The third-order valence-corrected chi connectivity index (χ3v) is 5.93. The van der Waals surface area contributed by atoms with Crippen LogP contribution in [0.15, 0.2) is 24.3 Å². The Kier molecular flexibility index (Phi) is 3.79. The first-order chi connectivity index (χ1) is 9.57. The molecular weight excluding hydrogens is 279 g/mol. The molecule has 1 aliphatic heterocycles. The van der Waals surface area contributed by atoms with E-state index >= 15 is 0 Å². The Hall–Kier alpha value is -0.980. The molecule has 3 rings (SSSR count). The molecule has 0 atom stereocenters. The van der Waals surface area contributed by atoms with E-state index in [0.717, 1.165) is 31.2 Å². The third kappa shape index (κ3) is 2.87. The SMILES string of the molecule is O=S(=O)(N1CCCC1)N(Cc1ccc(F)cc1)C1CC1. The lowest BCUT2D eigenvalue weighted by Crippen LogP contribution is -2.43. The maximum atomic E-state index is 12.9. The summed E-state index contributed by atoms with van der Waals surface area (Å²) in [6.07, 6.45) is 3.73. The van der Waals surface area contributed by atoms with Crippen molar-refractivity contribution in [2.24, 2.45) is 0 Å². The average molecular weight is 298 g/mol. The van der Waals surface area contributed by atoms with Crippen molar-refractivity contribution >= 4 is 10.2 Å². The summed E-state index contributed by atoms with van der Waals surface area (Å²) in [5.74, 6) is -0.297. The molecule has 2 fully saturated rings. The van der Waals surface area contributed by atoms with Crippen molar-refractivity contribution in [2.75, 3.05) is 13.1 Å². The van der Waals surface area contributed by atoms with Gasteiger partial charge in [-0.1, -0.05) is 12.1 Å². The summed E-state index contributed by atoms with van der Waals surface area (Å²) in [4.78, 5) is 0. The van der Waals surface area contributed by atoms with Crippen LogP contribution in [0, 0.1) is 5.82 Å². The fraction of sp³-hybridized carbons (Fsp3) is 0.571. The van der Waals surface area contributed by atoms with Crippen LogP contribution in [0.5, 0.6) is 0 Å². The molecule has 1 heterocycles. The second-order valence-electron chi connectivity index (χ2n) is 5.52. The fourth-order valence-corrected chi connectivity index (χ4v) is 4.51. The molecule has 0 N–H and O–H groups in total. The van der Waals surface area contributed by atoms with E-state index in [4.69, 9.17) is 0 Å². The number of hydrogen-bond acceptors (Lipinski definition) is 2. The molecule has 0 unspecified atom stereocenters. The van der Waals surface area contributed by atoms with Crippen LogP contribution in [-0.4, -0.2) is 36.2 Å². The minimum atomic E-state index is -3.37. The molecule has 1 aromatic carbocycles. The van der Waals surface area contributed by atoms with E-state index in [1.165, 1.54) is 12.1 Å². The molecule has 6 heteroatoms. The quantitative estimate of drug-likeness (QED) is 0.835. The van der Waals surface area contributed by atoms with Gasteiger partial charge in [0.05, 0.1) is 0 Å². The molecule has 0 bridgehead atoms. The molecule has 0 radical (unpaired) electrons. The Balaban J connectivity index is 1.80. The summed E-state index contributed by atoms with van der Waals surface area (Å²) < 4.78 is 41.4. The van der Waals surface area contributed by atoms with Crippen LogP contribution in [0.1, 0.15) is 31.2 Å². The van der Waals surface area contributed by atoms with Crippen LogP contribution in [-0.2, 0) is 16.8 Å². The van der Waals surface area contributed by atoms with Crippen molar-refractivity contribution in [3.05, 3.63) is 35.6 Å². The van der Waals surface area contributed by atoms with Gasteiger partial charge < -0.3 is 0 Å². The monoisotopic (exact) mass is 298 g/mol. The zero-order chi connectivity index (χ0) is 14.2. The van der Waals surface area contributed by atoms with Gasteiger partial charge in [-0.15, -0.1) is 0 Å². The topological polar surface area (TPSA) is 40.6 Å². The van der Waals surface area contributed by atoms with E-state index < -0.39 is 10.2 Å². The molecule has 1 aromatic rings. The Bertz CT molecular complexity index is 563. The van der Waals surface area contributed by atoms with E-state index in [1.807, 2.05) is 0 Å². The summed E-state index contributed by atoms with van der Waals surface area (Å²) in [5, 5.41) is 0. The lowest BCUT2D eigenvalue weighted by atomic mass is 10.2. The molecule has 110 valence electrons. The predicted molar refractivity (Wildman–Crippen MR) is 74.7 cm³/mol. The number of benzene rings is 1. The Morgan fingerprint density at radius 3 is 2.30 bits per heavy atom. The minimum Gasteiger partial charge on any atom is -0.207 e. The van der Waals surface area contributed by atoms with Crippen molar-refractivity contribution in [1.29, 1.82) is 0 Å². The zero-order valence-corrected chi connectivity index (χ0v) is 12.2. The van der Waals surface area contributed by atoms with Gasteiger partial charge in [-0.05, 0) is 43.4 Å². The maximum absolute atomic E-state index is 12.9. The van der Waals surface area contributed by atoms with Gasteiger partial charge in [0.2, 0.25) is 0 Å². The normalized spacial score (nSPS) is 20.7. The van der Waals surface area contributed by atoms with Crippen molar-refractivity contribution < 1.29 is 12.8 Å². The molecule has 20 heavy (non-hydrogen) atoms. The van der Waals surface area contributed by atoms with Crippen molar-refractivity contribution in [1.82, 2.24) is 8.61 Å². The highest BCUT2D eigenvalue weighted by Gasteiger charge is 2.40. The van der Waals surface area contributed by atoms with E-state index in [-0.39, 0.29) is 11.9 Å². The van der Waals surface area contributed by atoms with E-state index in [0.29, 0.717) is 19.6 Å². The number of nitrogens with zero attached hydrogens (tertiary/aromatic N) is 2. The number of halogens is 1. The lowest BCUT2D eigenvalue weighted by molar-refractivity contribution is 0.349. The molecule has 1 saturated heterocycles. The van der Waals surface area contributed by atoms with Gasteiger partial charge in [-0.3, -0.25) is 0 Å². The highest BCUT2D eigenvalue weighted by Crippen LogP contribution is 2.33. The molecule has 0 amide bonds. The Labute approximate surface area is 119 Å². The molecule has 1 aliphatic carbocycles. The first-order valence-corrected chi connectivity index (χ1v) is 8.48. The summed E-state index contributed by atoms with van der Waals surface area (Å²) in [7, 11) is -3.37. The first-order valence-electron chi connectivity index (χ1n) is 7.09. The van der Waals surface area contributed by atoms with Crippen LogP contribution in [0.3, 0.4) is 0 Å². The highest BCUT2D eigenvalue weighted by atomic mass is 32.2. The van der Waals surface area contributed by atoms with E-state index in [1.54, 1.807) is 20.7 Å². The first kappa shape index (κ1) is 14.0. The van der Waals surface area contributed by atoms with Gasteiger partial charge in [0.15, 0.2) is 0 Å². The van der Waals surface area contributed by atoms with E-state index in [2.05, 4.69) is 0 Å².